The number of amides is 1. The molecule has 2 rings (SSSR count). The van der Waals surface area contributed by atoms with E-state index in [1.54, 1.807) is 0 Å². The van der Waals surface area contributed by atoms with Crippen LogP contribution in [0.1, 0.15) is 39.0 Å². The number of carbonyl (C=O) groups is 2. The van der Waals surface area contributed by atoms with Crippen LogP contribution in [-0.2, 0) is 14.3 Å². The number of nitrogens with zero attached hydrogens (tertiary/aromatic N) is 1. The van der Waals surface area contributed by atoms with Gasteiger partial charge in [0.1, 0.15) is 0 Å². The van der Waals surface area contributed by atoms with E-state index in [-0.39, 0.29) is 17.9 Å². The van der Waals surface area contributed by atoms with Gasteiger partial charge in [0, 0.05) is 19.7 Å². The molecule has 108 valence electrons. The van der Waals surface area contributed by atoms with Crippen molar-refractivity contribution in [1.82, 2.24) is 4.90 Å². The zero-order chi connectivity index (χ0) is 13.8. The Morgan fingerprint density at radius 1 is 1.26 bits per heavy atom. The zero-order valence-electron chi connectivity index (χ0n) is 11.5. The van der Waals surface area contributed by atoms with Gasteiger partial charge < -0.3 is 14.7 Å². The minimum atomic E-state index is -0.836. The fraction of sp³-hybridized carbons (Fsp3) is 0.857. The minimum Gasteiger partial charge on any atom is -0.481 e. The topological polar surface area (TPSA) is 66.8 Å². The smallest absolute Gasteiger partial charge is 0.307 e. The summed E-state index contributed by atoms with van der Waals surface area (Å²) in [5, 5.41) is 8.87. The van der Waals surface area contributed by atoms with Gasteiger partial charge in [-0.2, -0.15) is 0 Å². The zero-order valence-corrected chi connectivity index (χ0v) is 11.5. The lowest BCUT2D eigenvalue weighted by molar-refractivity contribution is -0.142. The van der Waals surface area contributed by atoms with Crippen LogP contribution in [0.25, 0.3) is 0 Å². The van der Waals surface area contributed by atoms with Crippen LogP contribution in [0.15, 0.2) is 0 Å². The van der Waals surface area contributed by atoms with Crippen molar-refractivity contribution >= 4 is 11.9 Å². The molecule has 2 fully saturated rings. The molecule has 5 heteroatoms. The van der Waals surface area contributed by atoms with E-state index in [1.165, 1.54) is 0 Å². The minimum absolute atomic E-state index is 0.0311. The third-order valence-electron chi connectivity index (χ3n) is 3.97. The molecule has 1 N–H and O–H groups in total. The van der Waals surface area contributed by atoms with Crippen LogP contribution in [0.5, 0.6) is 0 Å². The number of rotatable bonds is 5. The van der Waals surface area contributed by atoms with E-state index >= 15 is 0 Å². The molecular formula is C14H23NO4. The first-order valence-electron chi connectivity index (χ1n) is 7.26. The van der Waals surface area contributed by atoms with E-state index in [1.807, 2.05) is 4.90 Å². The lowest BCUT2D eigenvalue weighted by Crippen LogP contribution is -2.34. The molecule has 0 spiro atoms. The number of carboxylic acids is 1. The molecule has 1 saturated carbocycles. The second kappa shape index (κ2) is 6.37. The Morgan fingerprint density at radius 3 is 2.68 bits per heavy atom. The Hall–Kier alpha value is -1.10. The highest BCUT2D eigenvalue weighted by atomic mass is 16.5. The largest absolute Gasteiger partial charge is 0.481 e. The predicted octanol–water partition coefficient (Wildman–Crippen LogP) is 1.51. The molecule has 0 aromatic carbocycles. The number of aliphatic carboxylic acids is 1. The van der Waals surface area contributed by atoms with Crippen molar-refractivity contribution < 1.29 is 19.4 Å². The van der Waals surface area contributed by atoms with Crippen LogP contribution in [0, 0.1) is 11.8 Å². The van der Waals surface area contributed by atoms with Crippen molar-refractivity contribution in [2.24, 2.45) is 11.8 Å². The predicted molar refractivity (Wildman–Crippen MR) is 69.7 cm³/mol. The number of hydrogen-bond acceptors (Lipinski definition) is 3. The second-order valence-electron chi connectivity index (χ2n) is 5.54. The normalized spacial score (nSPS) is 30.8. The third kappa shape index (κ3) is 3.69. The summed E-state index contributed by atoms with van der Waals surface area (Å²) in [7, 11) is 0. The molecule has 5 nitrogen and oxygen atoms in total. The maximum Gasteiger partial charge on any atom is 0.307 e. The lowest BCUT2D eigenvalue weighted by Gasteiger charge is -2.20. The highest BCUT2D eigenvalue weighted by molar-refractivity contribution is 5.89. The number of carbonyl (C=O) groups excluding carboxylic acids is 1. The van der Waals surface area contributed by atoms with Gasteiger partial charge in [0.2, 0.25) is 5.91 Å². The summed E-state index contributed by atoms with van der Waals surface area (Å²) in [6, 6.07) is 0. The first kappa shape index (κ1) is 14.3. The average Bonchev–Trinajstić information content (AvgIpc) is 3.19. The molecule has 1 heterocycles. The molecule has 0 unspecified atom stereocenters. The highest BCUT2D eigenvalue weighted by Gasteiger charge is 2.49. The first-order valence-corrected chi connectivity index (χ1v) is 7.26. The highest BCUT2D eigenvalue weighted by Crippen LogP contribution is 2.40. The lowest BCUT2D eigenvalue weighted by atomic mass is 10.2. The molecule has 1 amide bonds. The van der Waals surface area contributed by atoms with E-state index in [0.717, 1.165) is 38.8 Å². The summed E-state index contributed by atoms with van der Waals surface area (Å²) in [5.41, 5.74) is 0. The molecule has 0 aromatic heterocycles. The van der Waals surface area contributed by atoms with Crippen molar-refractivity contribution in [3.63, 3.8) is 0 Å². The number of ether oxygens (including phenoxy) is 1. The Bertz CT molecular complexity index is 344. The van der Waals surface area contributed by atoms with Crippen LogP contribution in [0.3, 0.4) is 0 Å². The summed E-state index contributed by atoms with van der Waals surface area (Å²) in [5.74, 6) is -1.52. The van der Waals surface area contributed by atoms with E-state index in [4.69, 9.17) is 9.84 Å². The molecule has 19 heavy (non-hydrogen) atoms. The standard InChI is InChI=1S/C14H23NO4/c1-2-8-19-10-4-3-6-15(7-5-10)13(16)11-9-12(11)14(17)18/h10-12H,2-9H2,1H3,(H,17,18)/t10-,11+,12+/m1/s1. The summed E-state index contributed by atoms with van der Waals surface area (Å²) in [4.78, 5) is 24.8. The van der Waals surface area contributed by atoms with Gasteiger partial charge in [-0.3, -0.25) is 9.59 Å². The molecule has 0 radical (unpaired) electrons. The van der Waals surface area contributed by atoms with Crippen LogP contribution < -0.4 is 0 Å². The van der Waals surface area contributed by atoms with Gasteiger partial charge in [0.25, 0.3) is 0 Å². The van der Waals surface area contributed by atoms with Crippen molar-refractivity contribution in [3.05, 3.63) is 0 Å². The third-order valence-corrected chi connectivity index (χ3v) is 3.97. The monoisotopic (exact) mass is 269 g/mol. The molecule has 0 aromatic rings. The molecule has 2 aliphatic rings. The maximum absolute atomic E-state index is 12.2. The van der Waals surface area contributed by atoms with Crippen LogP contribution in [-0.4, -0.2) is 47.7 Å². The van der Waals surface area contributed by atoms with Crippen molar-refractivity contribution in [2.45, 2.75) is 45.1 Å². The van der Waals surface area contributed by atoms with E-state index < -0.39 is 11.9 Å². The summed E-state index contributed by atoms with van der Waals surface area (Å²) >= 11 is 0. The van der Waals surface area contributed by atoms with Gasteiger partial charge in [-0.1, -0.05) is 6.92 Å². The van der Waals surface area contributed by atoms with Gasteiger partial charge >= 0.3 is 5.97 Å². The Kier molecular flexibility index (Phi) is 4.80. The van der Waals surface area contributed by atoms with Crippen LogP contribution in [0.2, 0.25) is 0 Å². The first-order chi connectivity index (χ1) is 9.13. The number of hydrogen-bond donors (Lipinski definition) is 1. The summed E-state index contributed by atoms with van der Waals surface area (Å²) in [6.07, 6.45) is 4.60. The van der Waals surface area contributed by atoms with E-state index in [0.29, 0.717) is 13.0 Å². The molecule has 1 aliphatic carbocycles. The van der Waals surface area contributed by atoms with Gasteiger partial charge in [0.15, 0.2) is 0 Å². The second-order valence-corrected chi connectivity index (χ2v) is 5.54. The SMILES string of the molecule is CCCO[C@@H]1CCCN(C(=O)[C@H]2C[C@@H]2C(=O)O)CC1. The van der Waals surface area contributed by atoms with Crippen molar-refractivity contribution in [1.29, 1.82) is 0 Å². The van der Waals surface area contributed by atoms with Crippen molar-refractivity contribution in [2.75, 3.05) is 19.7 Å². The molecule has 0 bridgehead atoms. The van der Waals surface area contributed by atoms with Crippen LogP contribution in [0.4, 0.5) is 0 Å². The maximum atomic E-state index is 12.2. The summed E-state index contributed by atoms with van der Waals surface area (Å²) in [6.45, 7) is 4.32. The molecule has 1 saturated heterocycles. The molecular weight excluding hydrogens is 246 g/mol. The average molecular weight is 269 g/mol. The molecule has 1 aliphatic heterocycles. The Labute approximate surface area is 113 Å². The Balaban J connectivity index is 1.79. The fourth-order valence-corrected chi connectivity index (χ4v) is 2.71. The van der Waals surface area contributed by atoms with E-state index in [2.05, 4.69) is 6.92 Å². The van der Waals surface area contributed by atoms with Gasteiger partial charge in [-0.15, -0.1) is 0 Å². The fourth-order valence-electron chi connectivity index (χ4n) is 2.71. The number of likely N-dealkylation sites (tertiary alicyclic amines) is 1. The van der Waals surface area contributed by atoms with E-state index in [9.17, 15) is 9.59 Å². The molecule has 3 atom stereocenters. The van der Waals surface area contributed by atoms with Crippen LogP contribution >= 0.6 is 0 Å². The summed E-state index contributed by atoms with van der Waals surface area (Å²) < 4.78 is 5.74. The Morgan fingerprint density at radius 2 is 2.05 bits per heavy atom. The van der Waals surface area contributed by atoms with Gasteiger partial charge in [0.05, 0.1) is 17.9 Å². The number of carboxylic acid groups (broad SMARTS) is 1. The van der Waals surface area contributed by atoms with Gasteiger partial charge in [-0.05, 0) is 32.1 Å². The van der Waals surface area contributed by atoms with Gasteiger partial charge in [-0.25, -0.2) is 0 Å². The van der Waals surface area contributed by atoms with Crippen molar-refractivity contribution in [3.8, 4) is 0 Å². The quantitative estimate of drug-likeness (QED) is 0.821.